The molecule has 6 heteroatoms. The summed E-state index contributed by atoms with van der Waals surface area (Å²) in [5, 5.41) is 0.928. The summed E-state index contributed by atoms with van der Waals surface area (Å²) in [6.45, 7) is -0.0221. The number of carbonyl (C=O) groups is 2. The lowest BCUT2D eigenvalue weighted by Gasteiger charge is -2.18. The third-order valence-corrected chi connectivity index (χ3v) is 3.77. The molecule has 2 aromatic carbocycles. The first-order valence-corrected chi connectivity index (χ1v) is 6.98. The van der Waals surface area contributed by atoms with Crippen molar-refractivity contribution in [1.82, 2.24) is 0 Å². The van der Waals surface area contributed by atoms with E-state index in [2.05, 4.69) is 0 Å². The van der Waals surface area contributed by atoms with E-state index in [1.807, 2.05) is 0 Å². The van der Waals surface area contributed by atoms with Crippen LogP contribution < -0.4 is 9.80 Å². The molecule has 0 aromatic heterocycles. The number of urea groups is 1. The number of imide groups is 1. The van der Waals surface area contributed by atoms with Crippen molar-refractivity contribution in [1.29, 1.82) is 0 Å². The first-order valence-electron chi connectivity index (χ1n) is 6.22. The molecule has 0 saturated carbocycles. The number of rotatable bonds is 2. The van der Waals surface area contributed by atoms with E-state index in [0.29, 0.717) is 21.4 Å². The lowest BCUT2D eigenvalue weighted by atomic mass is 10.3. The zero-order valence-corrected chi connectivity index (χ0v) is 12.3. The Bertz CT molecular complexity index is 716. The van der Waals surface area contributed by atoms with Crippen molar-refractivity contribution in [3.05, 3.63) is 58.6 Å². The Morgan fingerprint density at radius 1 is 0.905 bits per heavy atom. The maximum absolute atomic E-state index is 12.5. The molecule has 1 aliphatic rings. The molecule has 0 N–H and O–H groups in total. The summed E-state index contributed by atoms with van der Waals surface area (Å²) in [5.41, 5.74) is 1.01. The number of para-hydroxylation sites is 1. The van der Waals surface area contributed by atoms with E-state index in [9.17, 15) is 9.59 Å². The van der Waals surface area contributed by atoms with Gasteiger partial charge in [-0.3, -0.25) is 9.69 Å². The van der Waals surface area contributed by atoms with Crippen LogP contribution in [0.25, 0.3) is 0 Å². The second-order valence-electron chi connectivity index (χ2n) is 4.53. The predicted molar refractivity (Wildman–Crippen MR) is 83.1 cm³/mol. The Hall–Kier alpha value is -2.04. The molecule has 1 heterocycles. The first-order chi connectivity index (χ1) is 10.1. The summed E-state index contributed by atoms with van der Waals surface area (Å²) in [6, 6.07) is 13.1. The number of anilines is 2. The number of nitrogens with zero attached hydrogens (tertiary/aromatic N) is 2. The minimum atomic E-state index is -0.421. The second kappa shape index (κ2) is 5.39. The van der Waals surface area contributed by atoms with Gasteiger partial charge in [0.05, 0.1) is 10.7 Å². The normalized spacial score (nSPS) is 15.0. The second-order valence-corrected chi connectivity index (χ2v) is 5.37. The Labute approximate surface area is 131 Å². The topological polar surface area (TPSA) is 40.6 Å². The van der Waals surface area contributed by atoms with E-state index in [1.165, 1.54) is 4.90 Å². The molecule has 0 radical (unpaired) electrons. The van der Waals surface area contributed by atoms with Crippen molar-refractivity contribution in [3.63, 3.8) is 0 Å². The molecule has 0 atom stereocenters. The van der Waals surface area contributed by atoms with Gasteiger partial charge in [-0.15, -0.1) is 0 Å². The van der Waals surface area contributed by atoms with Crippen LogP contribution >= 0.6 is 23.2 Å². The van der Waals surface area contributed by atoms with Crippen LogP contribution in [-0.4, -0.2) is 18.5 Å². The number of hydrogen-bond donors (Lipinski definition) is 0. The third-order valence-electron chi connectivity index (χ3n) is 3.20. The quantitative estimate of drug-likeness (QED) is 0.785. The molecule has 4 nitrogen and oxygen atoms in total. The standard InChI is InChI=1S/C15H10Cl2N2O2/c16-10-5-7-11(8-6-10)18-9-14(20)19(15(18)21)13-4-2-1-3-12(13)17/h1-8H,9H2. The molecule has 2 aromatic rings. The highest BCUT2D eigenvalue weighted by atomic mass is 35.5. The van der Waals surface area contributed by atoms with Gasteiger partial charge in [0.25, 0.3) is 5.91 Å². The van der Waals surface area contributed by atoms with E-state index in [-0.39, 0.29) is 12.5 Å². The lowest BCUT2D eigenvalue weighted by Crippen LogP contribution is -2.33. The van der Waals surface area contributed by atoms with Crippen LogP contribution in [0, 0.1) is 0 Å². The van der Waals surface area contributed by atoms with E-state index < -0.39 is 6.03 Å². The fourth-order valence-electron chi connectivity index (χ4n) is 2.19. The first kappa shape index (κ1) is 13.9. The molecule has 1 saturated heterocycles. The van der Waals surface area contributed by atoms with Crippen molar-refractivity contribution < 1.29 is 9.59 Å². The molecular weight excluding hydrogens is 311 g/mol. The van der Waals surface area contributed by atoms with Gasteiger partial charge in [0.15, 0.2) is 0 Å². The van der Waals surface area contributed by atoms with Crippen LogP contribution in [0.2, 0.25) is 10.0 Å². The van der Waals surface area contributed by atoms with Crippen molar-refractivity contribution in [2.45, 2.75) is 0 Å². The number of hydrogen-bond acceptors (Lipinski definition) is 2. The fraction of sp³-hybridized carbons (Fsp3) is 0.0667. The van der Waals surface area contributed by atoms with Gasteiger partial charge in [-0.25, -0.2) is 9.69 Å². The van der Waals surface area contributed by atoms with Gasteiger partial charge in [-0.05, 0) is 36.4 Å². The minimum Gasteiger partial charge on any atom is -0.284 e. The molecule has 0 unspecified atom stereocenters. The SMILES string of the molecule is O=C1CN(c2ccc(Cl)cc2)C(=O)N1c1ccccc1Cl. The fourth-order valence-corrected chi connectivity index (χ4v) is 2.54. The minimum absolute atomic E-state index is 0.0221. The van der Waals surface area contributed by atoms with Crippen LogP contribution in [0.15, 0.2) is 48.5 Å². The summed E-state index contributed by atoms with van der Waals surface area (Å²) in [5.74, 6) is -0.317. The van der Waals surface area contributed by atoms with Crippen LogP contribution in [0.4, 0.5) is 16.2 Å². The molecule has 1 fully saturated rings. The smallest absolute Gasteiger partial charge is 0.284 e. The molecule has 1 aliphatic heterocycles. The highest BCUT2D eigenvalue weighted by Gasteiger charge is 2.38. The lowest BCUT2D eigenvalue weighted by molar-refractivity contribution is -0.115. The molecule has 0 aliphatic carbocycles. The van der Waals surface area contributed by atoms with Gasteiger partial charge >= 0.3 is 6.03 Å². The van der Waals surface area contributed by atoms with Crippen molar-refractivity contribution in [2.75, 3.05) is 16.3 Å². The van der Waals surface area contributed by atoms with Crippen LogP contribution in [0.5, 0.6) is 0 Å². The Balaban J connectivity index is 1.96. The molecule has 21 heavy (non-hydrogen) atoms. The van der Waals surface area contributed by atoms with Gasteiger partial charge in [0.2, 0.25) is 0 Å². The van der Waals surface area contributed by atoms with Crippen LogP contribution in [-0.2, 0) is 4.79 Å². The van der Waals surface area contributed by atoms with E-state index >= 15 is 0 Å². The molecule has 3 rings (SSSR count). The molecule has 0 spiro atoms. The van der Waals surface area contributed by atoms with E-state index in [1.54, 1.807) is 48.5 Å². The third kappa shape index (κ3) is 2.48. The highest BCUT2D eigenvalue weighted by Crippen LogP contribution is 2.31. The maximum atomic E-state index is 12.5. The largest absolute Gasteiger partial charge is 0.336 e. The zero-order valence-electron chi connectivity index (χ0n) is 10.8. The highest BCUT2D eigenvalue weighted by molar-refractivity contribution is 6.37. The maximum Gasteiger partial charge on any atom is 0.336 e. The molecule has 3 amide bonds. The average molecular weight is 321 g/mol. The summed E-state index contributed by atoms with van der Waals surface area (Å²) in [4.78, 5) is 27.1. The summed E-state index contributed by atoms with van der Waals surface area (Å²) >= 11 is 11.9. The monoisotopic (exact) mass is 320 g/mol. The van der Waals surface area contributed by atoms with Crippen LogP contribution in [0.3, 0.4) is 0 Å². The molecule has 106 valence electrons. The summed E-state index contributed by atoms with van der Waals surface area (Å²) in [6.07, 6.45) is 0. The molecular formula is C15H10Cl2N2O2. The Morgan fingerprint density at radius 2 is 1.57 bits per heavy atom. The van der Waals surface area contributed by atoms with Gasteiger partial charge < -0.3 is 0 Å². The van der Waals surface area contributed by atoms with E-state index in [0.717, 1.165) is 4.90 Å². The van der Waals surface area contributed by atoms with Crippen molar-refractivity contribution in [3.8, 4) is 0 Å². The average Bonchev–Trinajstić information content (AvgIpc) is 2.76. The van der Waals surface area contributed by atoms with Gasteiger partial charge in [0, 0.05) is 10.7 Å². The summed E-state index contributed by atoms with van der Waals surface area (Å²) < 4.78 is 0. The van der Waals surface area contributed by atoms with Crippen LogP contribution in [0.1, 0.15) is 0 Å². The number of halogens is 2. The zero-order chi connectivity index (χ0) is 15.0. The van der Waals surface area contributed by atoms with Gasteiger partial charge in [0.1, 0.15) is 6.54 Å². The predicted octanol–water partition coefficient (Wildman–Crippen LogP) is 3.97. The van der Waals surface area contributed by atoms with Crippen molar-refractivity contribution in [2.24, 2.45) is 0 Å². The Morgan fingerprint density at radius 3 is 2.24 bits per heavy atom. The Kier molecular flexibility index (Phi) is 3.57. The van der Waals surface area contributed by atoms with Gasteiger partial charge in [-0.1, -0.05) is 35.3 Å². The number of carbonyl (C=O) groups excluding carboxylic acids is 2. The number of amides is 3. The van der Waals surface area contributed by atoms with Crippen molar-refractivity contribution >= 4 is 46.5 Å². The van der Waals surface area contributed by atoms with E-state index in [4.69, 9.17) is 23.2 Å². The molecule has 0 bridgehead atoms. The summed E-state index contributed by atoms with van der Waals surface area (Å²) in [7, 11) is 0. The number of benzene rings is 2. The van der Waals surface area contributed by atoms with Gasteiger partial charge in [-0.2, -0.15) is 0 Å².